The predicted molar refractivity (Wildman–Crippen MR) is 91.7 cm³/mol. The van der Waals surface area contributed by atoms with Gasteiger partial charge in [-0.05, 0) is 44.6 Å². The predicted octanol–water partition coefficient (Wildman–Crippen LogP) is 6.31. The summed E-state index contributed by atoms with van der Waals surface area (Å²) in [6, 6.07) is 0. The Morgan fingerprint density at radius 3 is 2.50 bits per heavy atom. The third-order valence-corrected chi connectivity index (χ3v) is 3.93. The van der Waals surface area contributed by atoms with Crippen LogP contribution in [0.2, 0.25) is 0 Å². The van der Waals surface area contributed by atoms with E-state index in [1.807, 2.05) is 6.08 Å². The fourth-order valence-electron chi connectivity index (χ4n) is 2.47. The van der Waals surface area contributed by atoms with Crippen LogP contribution in [0.15, 0.2) is 71.4 Å². The summed E-state index contributed by atoms with van der Waals surface area (Å²) in [4.78, 5) is 0. The largest absolute Gasteiger partial charge is 0.0988 e. The Balaban J connectivity index is 2.88. The number of allylic oxidation sites excluding steroid dienone is 11. The van der Waals surface area contributed by atoms with Gasteiger partial charge in [0.05, 0.1) is 0 Å². The lowest BCUT2D eigenvalue weighted by Crippen LogP contribution is -2.18. The Morgan fingerprint density at radius 1 is 1.20 bits per heavy atom. The Hall–Kier alpha value is -1.56. The van der Waals surface area contributed by atoms with Gasteiger partial charge in [0.15, 0.2) is 0 Å². The van der Waals surface area contributed by atoms with E-state index in [9.17, 15) is 0 Å². The van der Waals surface area contributed by atoms with Gasteiger partial charge in [0, 0.05) is 0 Å². The van der Waals surface area contributed by atoms with Gasteiger partial charge in [-0.2, -0.15) is 0 Å². The lowest BCUT2D eigenvalue weighted by molar-refractivity contribution is 0.404. The molecule has 0 aromatic rings. The number of rotatable bonds is 4. The van der Waals surface area contributed by atoms with Crippen molar-refractivity contribution in [2.45, 2.75) is 47.5 Å². The summed E-state index contributed by atoms with van der Waals surface area (Å²) in [7, 11) is 0. The van der Waals surface area contributed by atoms with Crippen molar-refractivity contribution >= 4 is 0 Å². The Labute approximate surface area is 125 Å². The lowest BCUT2D eigenvalue weighted by Gasteiger charge is -2.32. The van der Waals surface area contributed by atoms with Gasteiger partial charge in [0.2, 0.25) is 0 Å². The van der Waals surface area contributed by atoms with E-state index in [0.29, 0.717) is 5.41 Å². The van der Waals surface area contributed by atoms with Crippen molar-refractivity contribution in [3.8, 4) is 0 Å². The van der Waals surface area contributed by atoms with Gasteiger partial charge in [0.1, 0.15) is 0 Å². The van der Waals surface area contributed by atoms with Crippen molar-refractivity contribution in [2.75, 3.05) is 0 Å². The van der Waals surface area contributed by atoms with Crippen molar-refractivity contribution in [1.82, 2.24) is 0 Å². The summed E-state index contributed by atoms with van der Waals surface area (Å²) < 4.78 is 0. The second-order valence-corrected chi connectivity index (χ2v) is 6.27. The van der Waals surface area contributed by atoms with Gasteiger partial charge >= 0.3 is 0 Å². The van der Waals surface area contributed by atoms with Gasteiger partial charge in [-0.15, -0.1) is 0 Å². The van der Waals surface area contributed by atoms with Crippen LogP contribution in [-0.4, -0.2) is 0 Å². The zero-order valence-electron chi connectivity index (χ0n) is 13.7. The molecule has 0 saturated carbocycles. The summed E-state index contributed by atoms with van der Waals surface area (Å²) in [6.45, 7) is 14.8. The van der Waals surface area contributed by atoms with Crippen molar-refractivity contribution in [1.29, 1.82) is 0 Å². The van der Waals surface area contributed by atoms with Crippen LogP contribution in [0.5, 0.6) is 0 Å². The van der Waals surface area contributed by atoms with E-state index in [2.05, 4.69) is 77.7 Å². The number of hydrogen-bond donors (Lipinski definition) is 0. The molecular formula is C20H28. The minimum absolute atomic E-state index is 0.290. The SMILES string of the molecule is C=CC(C)=CC=CC(C)=C/C=C1/C(C)=CCCC1(C)C. The molecule has 0 aromatic carbocycles. The molecule has 0 aliphatic heterocycles. The molecule has 0 heteroatoms. The molecule has 20 heavy (non-hydrogen) atoms. The summed E-state index contributed by atoms with van der Waals surface area (Å²) in [5, 5.41) is 0. The normalized spacial score (nSPS) is 22.2. The summed E-state index contributed by atoms with van der Waals surface area (Å²) in [5.41, 5.74) is 5.63. The van der Waals surface area contributed by atoms with Crippen molar-refractivity contribution in [3.05, 3.63) is 71.4 Å². The molecule has 108 valence electrons. The quantitative estimate of drug-likeness (QED) is 0.524. The van der Waals surface area contributed by atoms with E-state index >= 15 is 0 Å². The minimum atomic E-state index is 0.290. The molecule has 0 radical (unpaired) electrons. The average Bonchev–Trinajstić information content (AvgIpc) is 2.37. The highest BCUT2D eigenvalue weighted by molar-refractivity contribution is 5.40. The maximum absolute atomic E-state index is 3.75. The van der Waals surface area contributed by atoms with Crippen LogP contribution in [0.1, 0.15) is 47.5 Å². The van der Waals surface area contributed by atoms with Crippen LogP contribution in [-0.2, 0) is 0 Å². The summed E-state index contributed by atoms with van der Waals surface area (Å²) >= 11 is 0. The Bertz CT molecular complexity index is 502. The minimum Gasteiger partial charge on any atom is -0.0988 e. The van der Waals surface area contributed by atoms with Crippen LogP contribution < -0.4 is 0 Å². The zero-order valence-corrected chi connectivity index (χ0v) is 13.7. The molecule has 0 unspecified atom stereocenters. The highest BCUT2D eigenvalue weighted by Crippen LogP contribution is 2.40. The molecule has 1 rings (SSSR count). The fraction of sp³-hybridized carbons (Fsp3) is 0.400. The first-order valence-corrected chi connectivity index (χ1v) is 7.40. The Kier molecular flexibility index (Phi) is 6.01. The molecule has 0 spiro atoms. The third-order valence-electron chi connectivity index (χ3n) is 3.93. The molecule has 0 saturated heterocycles. The molecule has 0 heterocycles. The van der Waals surface area contributed by atoms with Crippen LogP contribution >= 0.6 is 0 Å². The molecule has 0 N–H and O–H groups in total. The van der Waals surface area contributed by atoms with Gasteiger partial charge in [0.25, 0.3) is 0 Å². The van der Waals surface area contributed by atoms with Crippen LogP contribution in [0.4, 0.5) is 0 Å². The van der Waals surface area contributed by atoms with E-state index in [-0.39, 0.29) is 0 Å². The van der Waals surface area contributed by atoms with E-state index < -0.39 is 0 Å². The standard InChI is InChI=1S/C20H28/c1-7-16(2)10-8-11-17(3)13-14-19-18(4)12-9-15-20(19,5)6/h7-8,10-14H,1,9,15H2,2-6H3/b11-8?,16-10?,17-13?,19-14-. The van der Waals surface area contributed by atoms with Gasteiger partial charge < -0.3 is 0 Å². The van der Waals surface area contributed by atoms with Crippen molar-refractivity contribution < 1.29 is 0 Å². The molecule has 0 fully saturated rings. The third kappa shape index (κ3) is 4.85. The van der Waals surface area contributed by atoms with Gasteiger partial charge in [-0.25, -0.2) is 0 Å². The molecule has 0 atom stereocenters. The molecule has 1 aliphatic carbocycles. The van der Waals surface area contributed by atoms with E-state index in [1.165, 1.54) is 35.1 Å². The topological polar surface area (TPSA) is 0 Å². The molecule has 1 aliphatic rings. The average molecular weight is 268 g/mol. The lowest BCUT2D eigenvalue weighted by atomic mass is 9.73. The second kappa shape index (κ2) is 7.28. The van der Waals surface area contributed by atoms with E-state index in [1.54, 1.807) is 0 Å². The maximum atomic E-state index is 3.75. The monoisotopic (exact) mass is 268 g/mol. The highest BCUT2D eigenvalue weighted by atomic mass is 14.3. The smallest absolute Gasteiger partial charge is 0.00981 e. The maximum Gasteiger partial charge on any atom is -0.00981 e. The fourth-order valence-corrected chi connectivity index (χ4v) is 2.47. The van der Waals surface area contributed by atoms with Crippen LogP contribution in [0, 0.1) is 5.41 Å². The van der Waals surface area contributed by atoms with E-state index in [4.69, 9.17) is 0 Å². The molecule has 0 amide bonds. The van der Waals surface area contributed by atoms with E-state index in [0.717, 1.165) is 0 Å². The highest BCUT2D eigenvalue weighted by Gasteiger charge is 2.26. The molecule has 0 bridgehead atoms. The summed E-state index contributed by atoms with van der Waals surface area (Å²) in [6.07, 6.45) is 17.4. The van der Waals surface area contributed by atoms with Gasteiger partial charge in [-0.1, -0.05) is 79.7 Å². The van der Waals surface area contributed by atoms with Crippen molar-refractivity contribution in [2.24, 2.45) is 5.41 Å². The van der Waals surface area contributed by atoms with Crippen LogP contribution in [0.25, 0.3) is 0 Å². The van der Waals surface area contributed by atoms with Crippen LogP contribution in [0.3, 0.4) is 0 Å². The number of hydrogen-bond acceptors (Lipinski definition) is 0. The molecule has 0 nitrogen and oxygen atoms in total. The summed E-state index contributed by atoms with van der Waals surface area (Å²) in [5.74, 6) is 0. The first-order valence-electron chi connectivity index (χ1n) is 7.40. The Morgan fingerprint density at radius 2 is 1.90 bits per heavy atom. The van der Waals surface area contributed by atoms with Gasteiger partial charge in [-0.3, -0.25) is 0 Å². The first-order chi connectivity index (χ1) is 9.36. The zero-order chi connectivity index (χ0) is 15.2. The molecular weight excluding hydrogens is 240 g/mol. The molecule has 0 aromatic heterocycles. The van der Waals surface area contributed by atoms with Crippen molar-refractivity contribution in [3.63, 3.8) is 0 Å². The second-order valence-electron chi connectivity index (χ2n) is 6.27. The first kappa shape index (κ1) is 16.5.